The van der Waals surface area contributed by atoms with Crippen LogP contribution in [-0.2, 0) is 4.74 Å². The molecule has 0 aromatic heterocycles. The minimum atomic E-state index is 0.385. The number of rotatable bonds is 2. The van der Waals surface area contributed by atoms with Crippen LogP contribution in [0, 0.1) is 0 Å². The minimum absolute atomic E-state index is 0.385. The number of hydrogen-bond donors (Lipinski definition) is 0. The Morgan fingerprint density at radius 1 is 1.70 bits per heavy atom. The van der Waals surface area contributed by atoms with Crippen molar-refractivity contribution in [3.63, 3.8) is 0 Å². The first-order valence-corrected chi connectivity index (χ1v) is 3.78. The van der Waals surface area contributed by atoms with Gasteiger partial charge in [0.2, 0.25) is 0 Å². The molecule has 1 aliphatic rings. The molecule has 1 unspecified atom stereocenters. The van der Waals surface area contributed by atoms with E-state index in [0.29, 0.717) is 6.10 Å². The third-order valence-corrected chi connectivity index (χ3v) is 1.87. The second-order valence-corrected chi connectivity index (χ2v) is 2.83. The van der Waals surface area contributed by atoms with Gasteiger partial charge in [0.05, 0.1) is 6.26 Å². The lowest BCUT2D eigenvalue weighted by atomic mass is 10.1. The molecule has 1 saturated heterocycles. The molecule has 0 spiro atoms. The third-order valence-electron chi connectivity index (χ3n) is 1.87. The first-order valence-electron chi connectivity index (χ1n) is 3.78. The predicted molar refractivity (Wildman–Crippen MR) is 41.8 cm³/mol. The summed E-state index contributed by atoms with van der Waals surface area (Å²) in [6.45, 7) is 5.79. The maximum atomic E-state index is 5.28. The Bertz CT molecular complexity index is 114. The zero-order valence-electron chi connectivity index (χ0n) is 6.55. The third kappa shape index (κ3) is 2.03. The number of likely N-dealkylation sites (N-methyl/N-ethyl adjacent to an activating group) is 1. The summed E-state index contributed by atoms with van der Waals surface area (Å²) in [6, 6.07) is 0. The zero-order valence-corrected chi connectivity index (χ0v) is 6.55. The molecule has 2 heteroatoms. The molecule has 0 bridgehead atoms. The quantitative estimate of drug-likeness (QED) is 0.536. The van der Waals surface area contributed by atoms with Crippen molar-refractivity contribution < 1.29 is 4.74 Å². The van der Waals surface area contributed by atoms with Gasteiger partial charge in [-0.1, -0.05) is 6.58 Å². The highest BCUT2D eigenvalue weighted by Crippen LogP contribution is 2.10. The smallest absolute Gasteiger partial charge is 0.110 e. The fourth-order valence-corrected chi connectivity index (χ4v) is 1.37. The summed E-state index contributed by atoms with van der Waals surface area (Å²) in [5, 5.41) is 0. The van der Waals surface area contributed by atoms with Crippen molar-refractivity contribution in [2.75, 3.05) is 20.1 Å². The van der Waals surface area contributed by atoms with E-state index in [0.717, 1.165) is 6.54 Å². The highest BCUT2D eigenvalue weighted by molar-refractivity contribution is 4.72. The molecule has 0 aromatic carbocycles. The average molecular weight is 141 g/mol. The Labute approximate surface area is 62.5 Å². The van der Waals surface area contributed by atoms with E-state index >= 15 is 0 Å². The van der Waals surface area contributed by atoms with Gasteiger partial charge in [0.15, 0.2) is 0 Å². The second kappa shape index (κ2) is 3.62. The van der Waals surface area contributed by atoms with E-state index in [2.05, 4.69) is 18.5 Å². The van der Waals surface area contributed by atoms with Gasteiger partial charge in [-0.05, 0) is 26.4 Å². The van der Waals surface area contributed by atoms with Crippen molar-refractivity contribution in [3.05, 3.63) is 12.8 Å². The largest absolute Gasteiger partial charge is 0.497 e. The van der Waals surface area contributed by atoms with Crippen LogP contribution in [0.2, 0.25) is 0 Å². The summed E-state index contributed by atoms with van der Waals surface area (Å²) < 4.78 is 5.28. The van der Waals surface area contributed by atoms with Crippen molar-refractivity contribution in [1.82, 2.24) is 4.90 Å². The molecule has 0 aliphatic carbocycles. The van der Waals surface area contributed by atoms with E-state index in [4.69, 9.17) is 4.74 Å². The topological polar surface area (TPSA) is 12.5 Å². The first kappa shape index (κ1) is 7.61. The molecule has 0 aromatic rings. The Morgan fingerprint density at radius 3 is 3.10 bits per heavy atom. The molecular weight excluding hydrogens is 126 g/mol. The van der Waals surface area contributed by atoms with Gasteiger partial charge >= 0.3 is 0 Å². The SMILES string of the molecule is C=COC1CCCN(C)C1. The molecule has 58 valence electrons. The van der Waals surface area contributed by atoms with E-state index in [1.807, 2.05) is 0 Å². The van der Waals surface area contributed by atoms with E-state index < -0.39 is 0 Å². The van der Waals surface area contributed by atoms with E-state index in [1.54, 1.807) is 6.26 Å². The van der Waals surface area contributed by atoms with Crippen molar-refractivity contribution in [2.24, 2.45) is 0 Å². The average Bonchev–Trinajstić information content (AvgIpc) is 1.88. The molecule has 0 amide bonds. The van der Waals surface area contributed by atoms with Crippen molar-refractivity contribution in [2.45, 2.75) is 18.9 Å². The van der Waals surface area contributed by atoms with Crippen molar-refractivity contribution in [3.8, 4) is 0 Å². The van der Waals surface area contributed by atoms with Crippen LogP contribution in [0.15, 0.2) is 12.8 Å². The van der Waals surface area contributed by atoms with Gasteiger partial charge in [-0.15, -0.1) is 0 Å². The van der Waals surface area contributed by atoms with Crippen LogP contribution < -0.4 is 0 Å². The minimum Gasteiger partial charge on any atom is -0.497 e. The van der Waals surface area contributed by atoms with Crippen LogP contribution in [0.25, 0.3) is 0 Å². The van der Waals surface area contributed by atoms with Crippen LogP contribution in [-0.4, -0.2) is 31.1 Å². The Hall–Kier alpha value is -0.500. The normalized spacial score (nSPS) is 27.9. The Balaban J connectivity index is 2.24. The van der Waals surface area contributed by atoms with Crippen molar-refractivity contribution >= 4 is 0 Å². The highest BCUT2D eigenvalue weighted by atomic mass is 16.5. The van der Waals surface area contributed by atoms with Gasteiger partial charge in [0, 0.05) is 6.54 Å². The molecule has 0 radical (unpaired) electrons. The van der Waals surface area contributed by atoms with E-state index in [9.17, 15) is 0 Å². The maximum absolute atomic E-state index is 5.28. The molecule has 1 atom stereocenters. The van der Waals surface area contributed by atoms with Gasteiger partial charge in [-0.3, -0.25) is 0 Å². The molecule has 1 fully saturated rings. The van der Waals surface area contributed by atoms with Crippen LogP contribution in [0.4, 0.5) is 0 Å². The lowest BCUT2D eigenvalue weighted by Crippen LogP contribution is -2.36. The summed E-state index contributed by atoms with van der Waals surface area (Å²) in [4.78, 5) is 2.29. The lowest BCUT2D eigenvalue weighted by molar-refractivity contribution is 0.0686. The Kier molecular flexibility index (Phi) is 2.75. The Morgan fingerprint density at radius 2 is 2.50 bits per heavy atom. The predicted octanol–water partition coefficient (Wildman–Crippen LogP) is 1.24. The van der Waals surface area contributed by atoms with Gasteiger partial charge < -0.3 is 9.64 Å². The van der Waals surface area contributed by atoms with Crippen LogP contribution in [0.1, 0.15) is 12.8 Å². The van der Waals surface area contributed by atoms with Gasteiger partial charge in [0.25, 0.3) is 0 Å². The fraction of sp³-hybridized carbons (Fsp3) is 0.750. The molecule has 1 rings (SSSR count). The number of nitrogens with zero attached hydrogens (tertiary/aromatic N) is 1. The van der Waals surface area contributed by atoms with Crippen LogP contribution >= 0.6 is 0 Å². The summed E-state index contributed by atoms with van der Waals surface area (Å²) in [5.74, 6) is 0. The number of piperidine rings is 1. The standard InChI is InChI=1S/C8H15NO/c1-3-10-8-5-4-6-9(2)7-8/h3,8H,1,4-7H2,2H3. The van der Waals surface area contributed by atoms with E-state index in [-0.39, 0.29) is 0 Å². The van der Waals surface area contributed by atoms with Crippen LogP contribution in [0.3, 0.4) is 0 Å². The molecule has 1 aliphatic heterocycles. The summed E-state index contributed by atoms with van der Waals surface area (Å²) in [7, 11) is 2.12. The molecule has 2 nitrogen and oxygen atoms in total. The van der Waals surface area contributed by atoms with Gasteiger partial charge in [-0.2, -0.15) is 0 Å². The van der Waals surface area contributed by atoms with E-state index in [1.165, 1.54) is 19.4 Å². The molecule has 0 N–H and O–H groups in total. The van der Waals surface area contributed by atoms with Gasteiger partial charge in [0.1, 0.15) is 6.10 Å². The monoisotopic (exact) mass is 141 g/mol. The summed E-state index contributed by atoms with van der Waals surface area (Å²) >= 11 is 0. The first-order chi connectivity index (χ1) is 4.83. The zero-order chi connectivity index (χ0) is 7.40. The summed E-state index contributed by atoms with van der Waals surface area (Å²) in [5.41, 5.74) is 0. The second-order valence-electron chi connectivity index (χ2n) is 2.83. The maximum Gasteiger partial charge on any atom is 0.110 e. The molecular formula is C8H15NO. The molecule has 0 saturated carbocycles. The number of likely N-dealkylation sites (tertiary alicyclic amines) is 1. The number of ether oxygens (including phenoxy) is 1. The summed E-state index contributed by atoms with van der Waals surface area (Å²) in [6.07, 6.45) is 4.35. The van der Waals surface area contributed by atoms with Gasteiger partial charge in [-0.25, -0.2) is 0 Å². The number of hydrogen-bond acceptors (Lipinski definition) is 2. The molecule has 1 heterocycles. The van der Waals surface area contributed by atoms with Crippen molar-refractivity contribution in [1.29, 1.82) is 0 Å². The van der Waals surface area contributed by atoms with Crippen LogP contribution in [0.5, 0.6) is 0 Å². The fourth-order valence-electron chi connectivity index (χ4n) is 1.37. The molecule has 10 heavy (non-hydrogen) atoms. The lowest BCUT2D eigenvalue weighted by Gasteiger charge is -2.28. The highest BCUT2D eigenvalue weighted by Gasteiger charge is 2.16.